The largest absolute Gasteiger partial charge is 0.396 e. The molecule has 1 aliphatic carbocycles. The summed E-state index contributed by atoms with van der Waals surface area (Å²) in [5.74, 6) is 0.122. The van der Waals surface area contributed by atoms with Crippen molar-refractivity contribution in [3.05, 3.63) is 42.5 Å². The number of anilines is 3. The molecule has 1 saturated heterocycles. The third-order valence-electron chi connectivity index (χ3n) is 7.09. The molecule has 33 heavy (non-hydrogen) atoms. The van der Waals surface area contributed by atoms with E-state index >= 15 is 0 Å². The van der Waals surface area contributed by atoms with Crippen LogP contribution in [0.2, 0.25) is 0 Å². The van der Waals surface area contributed by atoms with Gasteiger partial charge in [-0.25, -0.2) is 8.42 Å². The van der Waals surface area contributed by atoms with E-state index in [0.29, 0.717) is 18.2 Å². The van der Waals surface area contributed by atoms with Gasteiger partial charge in [0.25, 0.3) is 0 Å². The number of nitrogens with one attached hydrogen (secondary N) is 1. The number of nitrogen functional groups attached to an aromatic ring is 1. The van der Waals surface area contributed by atoms with Gasteiger partial charge in [0.05, 0.1) is 22.7 Å². The van der Waals surface area contributed by atoms with E-state index in [9.17, 15) is 8.42 Å². The van der Waals surface area contributed by atoms with E-state index in [4.69, 9.17) is 5.73 Å². The van der Waals surface area contributed by atoms with Crippen LogP contribution in [0.25, 0.3) is 22.2 Å². The quantitative estimate of drug-likeness (QED) is 0.464. The number of nitrogens with two attached hydrogens (primary N) is 1. The zero-order valence-electron chi connectivity index (χ0n) is 19.4. The molecule has 5 rings (SSSR count). The fourth-order valence-electron chi connectivity index (χ4n) is 5.19. The summed E-state index contributed by atoms with van der Waals surface area (Å²) in [6, 6.07) is 14.8. The molecule has 1 saturated carbocycles. The highest BCUT2D eigenvalue weighted by Gasteiger charge is 2.27. The zero-order chi connectivity index (χ0) is 23.0. The molecule has 2 heterocycles. The molecule has 176 valence electrons. The lowest BCUT2D eigenvalue weighted by Crippen LogP contribution is -2.29. The molecule has 0 bridgehead atoms. The molecular weight excluding hydrogens is 432 g/mol. The zero-order valence-corrected chi connectivity index (χ0v) is 20.2. The number of hydrogen-bond acceptors (Lipinski definition) is 4. The number of nitrogens with zero attached hydrogens (tertiary/aromatic N) is 2. The molecule has 2 fully saturated rings. The molecule has 0 unspecified atom stereocenters. The van der Waals surface area contributed by atoms with Crippen LogP contribution >= 0.6 is 0 Å². The van der Waals surface area contributed by atoms with E-state index in [1.165, 1.54) is 49.7 Å². The minimum absolute atomic E-state index is 0.122. The average molecular weight is 467 g/mol. The summed E-state index contributed by atoms with van der Waals surface area (Å²) in [7, 11) is -3.31. The van der Waals surface area contributed by atoms with Crippen molar-refractivity contribution in [1.29, 1.82) is 0 Å². The Morgan fingerprint density at radius 1 is 1.00 bits per heavy atom. The first-order valence-electron chi connectivity index (χ1n) is 12.3. The lowest BCUT2D eigenvalue weighted by molar-refractivity contribution is 0.324. The summed E-state index contributed by atoms with van der Waals surface area (Å²) >= 11 is 0. The van der Waals surface area contributed by atoms with Crippen LogP contribution < -0.4 is 15.4 Å². The summed E-state index contributed by atoms with van der Waals surface area (Å²) < 4.78 is 29.4. The summed E-state index contributed by atoms with van der Waals surface area (Å²) in [5.41, 5.74) is 12.7. The molecular formula is C26H34N4O2S. The van der Waals surface area contributed by atoms with Gasteiger partial charge in [-0.05, 0) is 75.3 Å². The first-order valence-corrected chi connectivity index (χ1v) is 13.9. The van der Waals surface area contributed by atoms with Crippen LogP contribution in [0.4, 0.5) is 17.1 Å². The van der Waals surface area contributed by atoms with Crippen molar-refractivity contribution in [3.8, 4) is 11.3 Å². The van der Waals surface area contributed by atoms with Crippen molar-refractivity contribution in [3.63, 3.8) is 0 Å². The number of sulfonamides is 1. The molecule has 6 nitrogen and oxygen atoms in total. The Hall–Kier alpha value is -2.67. The number of aromatic nitrogens is 1. The topological polar surface area (TPSA) is 80.4 Å². The van der Waals surface area contributed by atoms with Crippen LogP contribution in [0.5, 0.6) is 0 Å². The van der Waals surface area contributed by atoms with Gasteiger partial charge in [-0.15, -0.1) is 0 Å². The molecule has 3 aromatic rings. The van der Waals surface area contributed by atoms with Gasteiger partial charge < -0.3 is 15.2 Å². The predicted molar refractivity (Wildman–Crippen MR) is 138 cm³/mol. The third kappa shape index (κ3) is 4.31. The maximum atomic E-state index is 12.1. The Bertz CT molecular complexity index is 1240. The number of piperidine rings is 1. The second-order valence-corrected chi connectivity index (χ2v) is 11.3. The maximum Gasteiger partial charge on any atom is 0.232 e. The van der Waals surface area contributed by atoms with Gasteiger partial charge in [-0.3, -0.25) is 4.72 Å². The molecule has 0 amide bonds. The Morgan fingerprint density at radius 3 is 2.36 bits per heavy atom. The van der Waals surface area contributed by atoms with E-state index in [1.54, 1.807) is 0 Å². The average Bonchev–Trinajstić information content (AvgIpc) is 3.05. The highest BCUT2D eigenvalue weighted by molar-refractivity contribution is 7.92. The summed E-state index contributed by atoms with van der Waals surface area (Å²) in [4.78, 5) is 2.49. The summed E-state index contributed by atoms with van der Waals surface area (Å²) in [6.07, 6.45) is 7.99. The SMILES string of the molecule is CCCS(=O)(=O)Nc1ccc(-c2c(N)c3ccc(N4CCCCC4)cc3n2C2CCC2)cc1. The Morgan fingerprint density at radius 2 is 1.73 bits per heavy atom. The van der Waals surface area contributed by atoms with E-state index < -0.39 is 10.0 Å². The van der Waals surface area contributed by atoms with Crippen LogP contribution in [-0.2, 0) is 10.0 Å². The minimum atomic E-state index is -3.31. The number of hydrogen-bond donors (Lipinski definition) is 2. The molecule has 7 heteroatoms. The van der Waals surface area contributed by atoms with E-state index in [-0.39, 0.29) is 5.75 Å². The van der Waals surface area contributed by atoms with Crippen molar-refractivity contribution >= 4 is 38.0 Å². The van der Waals surface area contributed by atoms with Crippen molar-refractivity contribution < 1.29 is 8.42 Å². The maximum absolute atomic E-state index is 12.1. The van der Waals surface area contributed by atoms with Crippen LogP contribution in [0.3, 0.4) is 0 Å². The van der Waals surface area contributed by atoms with Gasteiger partial charge in [-0.2, -0.15) is 0 Å². The van der Waals surface area contributed by atoms with Crippen LogP contribution in [-0.4, -0.2) is 31.8 Å². The highest BCUT2D eigenvalue weighted by Crippen LogP contribution is 2.45. The van der Waals surface area contributed by atoms with Gasteiger partial charge in [0.2, 0.25) is 10.0 Å². The van der Waals surface area contributed by atoms with E-state index in [1.807, 2.05) is 31.2 Å². The van der Waals surface area contributed by atoms with Gasteiger partial charge in [-0.1, -0.05) is 19.1 Å². The van der Waals surface area contributed by atoms with Gasteiger partial charge in [0.15, 0.2) is 0 Å². The lowest BCUT2D eigenvalue weighted by Gasteiger charge is -2.31. The molecule has 0 atom stereocenters. The monoisotopic (exact) mass is 466 g/mol. The van der Waals surface area contributed by atoms with Crippen molar-refractivity contribution in [2.24, 2.45) is 0 Å². The van der Waals surface area contributed by atoms with Crippen molar-refractivity contribution in [2.45, 2.75) is 57.9 Å². The van der Waals surface area contributed by atoms with Gasteiger partial charge in [0.1, 0.15) is 0 Å². The van der Waals surface area contributed by atoms with Crippen LogP contribution in [0.1, 0.15) is 57.9 Å². The second kappa shape index (κ2) is 8.93. The molecule has 1 aromatic heterocycles. The summed E-state index contributed by atoms with van der Waals surface area (Å²) in [5, 5.41) is 1.10. The smallest absolute Gasteiger partial charge is 0.232 e. The fraction of sp³-hybridized carbons (Fsp3) is 0.462. The molecule has 1 aliphatic heterocycles. The molecule has 0 spiro atoms. The highest BCUT2D eigenvalue weighted by atomic mass is 32.2. The summed E-state index contributed by atoms with van der Waals surface area (Å²) in [6.45, 7) is 4.10. The number of benzene rings is 2. The standard InChI is InChI=1S/C26H34N4O2S/c1-2-17-33(31,32)28-20-11-9-19(10-12-20)26-25(27)23-14-13-22(29-15-4-3-5-16-29)18-24(23)30(26)21-7-6-8-21/h9-14,18,21,28H,2-8,15-17,27H2,1H3. The molecule has 2 aromatic carbocycles. The van der Waals surface area contributed by atoms with Crippen molar-refractivity contribution in [2.75, 3.05) is 34.2 Å². The van der Waals surface area contributed by atoms with Crippen LogP contribution in [0.15, 0.2) is 42.5 Å². The number of rotatable bonds is 7. The minimum Gasteiger partial charge on any atom is -0.396 e. The first kappa shape index (κ1) is 22.1. The van der Waals surface area contributed by atoms with Crippen LogP contribution in [0, 0.1) is 0 Å². The van der Waals surface area contributed by atoms with E-state index in [2.05, 4.69) is 32.4 Å². The first-order chi connectivity index (χ1) is 16.0. The molecule has 3 N–H and O–H groups in total. The Balaban J connectivity index is 1.55. The predicted octanol–water partition coefficient (Wildman–Crippen LogP) is 5.76. The lowest BCUT2D eigenvalue weighted by atomic mass is 9.92. The third-order valence-corrected chi connectivity index (χ3v) is 8.59. The number of fused-ring (bicyclic) bond motifs is 1. The second-order valence-electron chi connectivity index (χ2n) is 9.46. The van der Waals surface area contributed by atoms with E-state index in [0.717, 1.165) is 35.4 Å². The van der Waals surface area contributed by atoms with Gasteiger partial charge in [0, 0.05) is 41.5 Å². The Labute approximate surface area is 196 Å². The molecule has 0 radical (unpaired) electrons. The fourth-order valence-corrected chi connectivity index (χ4v) is 6.32. The normalized spacial score (nSPS) is 17.3. The molecule has 2 aliphatic rings. The Kier molecular flexibility index (Phi) is 5.99. The van der Waals surface area contributed by atoms with Gasteiger partial charge >= 0.3 is 0 Å². The van der Waals surface area contributed by atoms with Crippen molar-refractivity contribution in [1.82, 2.24) is 4.57 Å².